The zero-order chi connectivity index (χ0) is 22.3. The van der Waals surface area contributed by atoms with Gasteiger partial charge in [-0.1, -0.05) is 50.6 Å². The molecule has 2 amide bonds. The Morgan fingerprint density at radius 1 is 0.967 bits per heavy atom. The molecule has 0 fully saturated rings. The quantitative estimate of drug-likeness (QED) is 0.676. The first kappa shape index (κ1) is 23.1. The molecule has 0 aromatic heterocycles. The predicted octanol–water partition coefficient (Wildman–Crippen LogP) is 3.98. The van der Waals surface area contributed by atoms with Crippen molar-refractivity contribution in [3.63, 3.8) is 0 Å². The van der Waals surface area contributed by atoms with Crippen LogP contribution in [0.5, 0.6) is 0 Å². The fourth-order valence-electron chi connectivity index (χ4n) is 2.69. The van der Waals surface area contributed by atoms with Crippen LogP contribution in [0, 0.1) is 6.92 Å². The van der Waals surface area contributed by atoms with Crippen molar-refractivity contribution in [2.24, 2.45) is 0 Å². The van der Waals surface area contributed by atoms with Gasteiger partial charge in [0.2, 0.25) is 0 Å². The smallest absolute Gasteiger partial charge is 0.308 e. The molecule has 1 unspecified atom stereocenters. The lowest BCUT2D eigenvalue weighted by Gasteiger charge is -2.19. The lowest BCUT2D eigenvalue weighted by molar-refractivity contribution is -0.153. The molecule has 1 atom stereocenters. The molecule has 0 bridgehead atoms. The van der Waals surface area contributed by atoms with Crippen LogP contribution in [-0.4, -0.2) is 30.4 Å². The number of amides is 2. The van der Waals surface area contributed by atoms with Crippen molar-refractivity contribution in [3.05, 3.63) is 65.2 Å². The number of carbonyl (C=O) groups excluding carboxylic acids is 3. The van der Waals surface area contributed by atoms with Crippen LogP contribution >= 0.6 is 0 Å². The average Bonchev–Trinajstić information content (AvgIpc) is 2.69. The number of benzene rings is 2. The topological polar surface area (TPSA) is 84.5 Å². The Balaban J connectivity index is 1.75. The van der Waals surface area contributed by atoms with E-state index in [4.69, 9.17) is 4.74 Å². The van der Waals surface area contributed by atoms with Gasteiger partial charge in [-0.2, -0.15) is 0 Å². The Morgan fingerprint density at radius 2 is 1.57 bits per heavy atom. The third-order valence-electron chi connectivity index (χ3n) is 4.62. The number of ether oxygens (including phenoxy) is 1. The summed E-state index contributed by atoms with van der Waals surface area (Å²) in [7, 11) is 0. The van der Waals surface area contributed by atoms with E-state index in [-0.39, 0.29) is 24.3 Å². The minimum absolute atomic E-state index is 0.0151. The molecule has 0 aliphatic carbocycles. The SMILES string of the molecule is Cc1ccc(NC(=O)C(C)OC(=O)CCNC(=O)c2ccc(C(C)(C)C)cc2)cc1. The van der Waals surface area contributed by atoms with Gasteiger partial charge < -0.3 is 15.4 Å². The van der Waals surface area contributed by atoms with Crippen LogP contribution in [0.1, 0.15) is 55.6 Å². The Morgan fingerprint density at radius 3 is 2.13 bits per heavy atom. The summed E-state index contributed by atoms with van der Waals surface area (Å²) in [5.41, 5.74) is 3.40. The molecule has 0 heterocycles. The highest BCUT2D eigenvalue weighted by Gasteiger charge is 2.18. The van der Waals surface area contributed by atoms with Crippen molar-refractivity contribution in [1.29, 1.82) is 0 Å². The van der Waals surface area contributed by atoms with E-state index >= 15 is 0 Å². The molecule has 0 saturated carbocycles. The van der Waals surface area contributed by atoms with Crippen LogP contribution < -0.4 is 10.6 Å². The van der Waals surface area contributed by atoms with Gasteiger partial charge in [0.15, 0.2) is 6.10 Å². The maximum absolute atomic E-state index is 12.2. The number of rotatable bonds is 7. The lowest BCUT2D eigenvalue weighted by Crippen LogP contribution is -2.32. The molecule has 0 aliphatic heterocycles. The summed E-state index contributed by atoms with van der Waals surface area (Å²) >= 11 is 0. The molecule has 0 spiro atoms. The van der Waals surface area contributed by atoms with Gasteiger partial charge in [-0.25, -0.2) is 0 Å². The van der Waals surface area contributed by atoms with E-state index in [0.717, 1.165) is 11.1 Å². The summed E-state index contributed by atoms with van der Waals surface area (Å²) in [4.78, 5) is 36.3. The molecule has 2 N–H and O–H groups in total. The Hall–Kier alpha value is -3.15. The van der Waals surface area contributed by atoms with Crippen LogP contribution in [0.2, 0.25) is 0 Å². The maximum Gasteiger partial charge on any atom is 0.308 e. The molecule has 2 rings (SSSR count). The first-order chi connectivity index (χ1) is 14.1. The first-order valence-electron chi connectivity index (χ1n) is 10.0. The van der Waals surface area contributed by atoms with Crippen molar-refractivity contribution in [3.8, 4) is 0 Å². The average molecular weight is 411 g/mol. The standard InChI is InChI=1S/C24H30N2O4/c1-16-6-12-20(13-7-16)26-22(28)17(2)30-21(27)14-15-25-23(29)18-8-10-19(11-9-18)24(3,4)5/h6-13,17H,14-15H2,1-5H3,(H,25,29)(H,26,28). The van der Waals surface area contributed by atoms with Crippen molar-refractivity contribution in [2.75, 3.05) is 11.9 Å². The van der Waals surface area contributed by atoms with Crippen molar-refractivity contribution in [1.82, 2.24) is 5.32 Å². The highest BCUT2D eigenvalue weighted by Crippen LogP contribution is 2.22. The molecule has 6 nitrogen and oxygen atoms in total. The first-order valence-corrected chi connectivity index (χ1v) is 10.0. The molecule has 0 aliphatic rings. The van der Waals surface area contributed by atoms with Crippen molar-refractivity contribution >= 4 is 23.5 Å². The van der Waals surface area contributed by atoms with E-state index in [0.29, 0.717) is 11.3 Å². The fourth-order valence-corrected chi connectivity index (χ4v) is 2.69. The highest BCUT2D eigenvalue weighted by atomic mass is 16.5. The minimum Gasteiger partial charge on any atom is -0.452 e. The van der Waals surface area contributed by atoms with E-state index in [1.165, 1.54) is 6.92 Å². The summed E-state index contributed by atoms with van der Waals surface area (Å²) in [5.74, 6) is -1.21. The maximum atomic E-state index is 12.2. The van der Waals surface area contributed by atoms with E-state index in [2.05, 4.69) is 31.4 Å². The van der Waals surface area contributed by atoms with Gasteiger partial charge in [0.25, 0.3) is 11.8 Å². The van der Waals surface area contributed by atoms with Crippen molar-refractivity contribution in [2.45, 2.75) is 52.6 Å². The zero-order valence-electron chi connectivity index (χ0n) is 18.2. The second kappa shape index (κ2) is 10.1. The number of aryl methyl sites for hydroxylation is 1. The van der Waals surface area contributed by atoms with Gasteiger partial charge in [0, 0.05) is 17.8 Å². The molecular weight excluding hydrogens is 380 g/mol. The van der Waals surface area contributed by atoms with Gasteiger partial charge in [-0.3, -0.25) is 14.4 Å². The van der Waals surface area contributed by atoms with E-state index in [9.17, 15) is 14.4 Å². The minimum atomic E-state index is -0.931. The van der Waals surface area contributed by atoms with Crippen molar-refractivity contribution < 1.29 is 19.1 Å². The van der Waals surface area contributed by atoms with Crippen LogP contribution in [0.25, 0.3) is 0 Å². The fraction of sp³-hybridized carbons (Fsp3) is 0.375. The number of hydrogen-bond acceptors (Lipinski definition) is 4. The summed E-state index contributed by atoms with van der Waals surface area (Å²) in [5, 5.41) is 5.39. The molecule has 6 heteroatoms. The zero-order valence-corrected chi connectivity index (χ0v) is 18.2. The van der Waals surface area contributed by atoms with Crippen LogP contribution in [0.15, 0.2) is 48.5 Å². The Bertz CT molecular complexity index is 881. The van der Waals surface area contributed by atoms with Crippen LogP contribution in [-0.2, 0) is 19.7 Å². The van der Waals surface area contributed by atoms with E-state index in [1.54, 1.807) is 24.3 Å². The number of esters is 1. The summed E-state index contributed by atoms with van der Waals surface area (Å²) in [6, 6.07) is 14.7. The van der Waals surface area contributed by atoms with E-state index in [1.807, 2.05) is 31.2 Å². The Labute approximate surface area is 178 Å². The molecule has 0 saturated heterocycles. The monoisotopic (exact) mass is 410 g/mol. The molecule has 2 aromatic carbocycles. The second-order valence-electron chi connectivity index (χ2n) is 8.32. The lowest BCUT2D eigenvalue weighted by atomic mass is 9.87. The van der Waals surface area contributed by atoms with Crippen LogP contribution in [0.4, 0.5) is 5.69 Å². The third kappa shape index (κ3) is 7.03. The Kier molecular flexibility index (Phi) is 7.75. The second-order valence-corrected chi connectivity index (χ2v) is 8.32. The summed E-state index contributed by atoms with van der Waals surface area (Å²) < 4.78 is 5.15. The van der Waals surface area contributed by atoms with E-state index < -0.39 is 18.0 Å². The van der Waals surface area contributed by atoms with Crippen LogP contribution in [0.3, 0.4) is 0 Å². The molecule has 160 valence electrons. The van der Waals surface area contributed by atoms with Gasteiger partial charge in [0.05, 0.1) is 6.42 Å². The normalized spacial score (nSPS) is 12.0. The number of anilines is 1. The van der Waals surface area contributed by atoms with Gasteiger partial charge >= 0.3 is 5.97 Å². The molecular formula is C24H30N2O4. The number of nitrogens with one attached hydrogen (secondary N) is 2. The number of carbonyl (C=O) groups is 3. The largest absolute Gasteiger partial charge is 0.452 e. The van der Waals surface area contributed by atoms with Gasteiger partial charge in [-0.15, -0.1) is 0 Å². The number of hydrogen-bond donors (Lipinski definition) is 2. The third-order valence-corrected chi connectivity index (χ3v) is 4.62. The predicted molar refractivity (Wildman–Crippen MR) is 117 cm³/mol. The molecule has 30 heavy (non-hydrogen) atoms. The highest BCUT2D eigenvalue weighted by molar-refractivity contribution is 5.95. The summed E-state index contributed by atoms with van der Waals surface area (Å²) in [6.07, 6.45) is -0.951. The molecule has 2 aromatic rings. The molecule has 0 radical (unpaired) electrons. The van der Waals surface area contributed by atoms with Gasteiger partial charge in [-0.05, 0) is 49.1 Å². The summed E-state index contributed by atoms with van der Waals surface area (Å²) in [6.45, 7) is 9.92. The van der Waals surface area contributed by atoms with Gasteiger partial charge in [0.1, 0.15) is 0 Å².